The molecule has 4 rings (SSSR count). The molecule has 3 aromatic rings. The molecule has 13 heteroatoms. The van der Waals surface area contributed by atoms with E-state index in [1.54, 1.807) is 0 Å². The van der Waals surface area contributed by atoms with Crippen LogP contribution in [0.25, 0.3) is 11.2 Å². The molecule has 40 heavy (non-hydrogen) atoms. The highest BCUT2D eigenvalue weighted by Gasteiger charge is 2.51. The quantitative estimate of drug-likeness (QED) is 0.221. The van der Waals surface area contributed by atoms with Crippen LogP contribution in [0.2, 0.25) is 5.15 Å². The van der Waals surface area contributed by atoms with E-state index in [9.17, 15) is 14.4 Å². The molecular weight excluding hydrogens is 544 g/mol. The summed E-state index contributed by atoms with van der Waals surface area (Å²) >= 11 is 6.41. The Balaban J connectivity index is 1.64. The lowest BCUT2D eigenvalue weighted by molar-refractivity contribution is -0.166. The number of halogens is 1. The molecule has 1 aliphatic heterocycles. The summed E-state index contributed by atoms with van der Waals surface area (Å²) in [5, 5.41) is 0.0388. The number of ether oxygens (including phenoxy) is 5. The normalized spacial score (nSPS) is 20.8. The molecule has 0 saturated carbocycles. The van der Waals surface area contributed by atoms with E-state index in [-0.39, 0.29) is 41.0 Å². The van der Waals surface area contributed by atoms with E-state index < -0.39 is 42.4 Å². The molecule has 1 saturated heterocycles. The molecule has 0 aliphatic carbocycles. The van der Waals surface area contributed by atoms with Crippen molar-refractivity contribution in [3.8, 4) is 6.01 Å². The van der Waals surface area contributed by atoms with Crippen LogP contribution in [-0.4, -0.2) is 62.3 Å². The van der Waals surface area contributed by atoms with Gasteiger partial charge in [0, 0.05) is 20.8 Å². The summed E-state index contributed by atoms with van der Waals surface area (Å²) in [6.45, 7) is 10.0. The van der Waals surface area contributed by atoms with Crippen molar-refractivity contribution in [1.29, 1.82) is 0 Å². The molecule has 4 atom stereocenters. The average Bonchev–Trinajstić information content (AvgIpc) is 3.42. The van der Waals surface area contributed by atoms with Crippen LogP contribution in [0.4, 0.5) is 0 Å². The lowest BCUT2D eigenvalue weighted by Gasteiger charge is -2.23. The van der Waals surface area contributed by atoms with Gasteiger partial charge in [-0.15, -0.1) is 0 Å². The fourth-order valence-corrected chi connectivity index (χ4v) is 4.49. The van der Waals surface area contributed by atoms with Crippen LogP contribution in [0.5, 0.6) is 6.01 Å². The van der Waals surface area contributed by atoms with Gasteiger partial charge in [-0.1, -0.05) is 56.6 Å². The van der Waals surface area contributed by atoms with Crippen LogP contribution < -0.4 is 4.74 Å². The maximum atomic E-state index is 12.0. The van der Waals surface area contributed by atoms with Crippen LogP contribution in [0.3, 0.4) is 0 Å². The van der Waals surface area contributed by atoms with Crippen molar-refractivity contribution in [3.63, 3.8) is 0 Å². The summed E-state index contributed by atoms with van der Waals surface area (Å²) in [5.41, 5.74) is 2.61. The first-order valence-corrected chi connectivity index (χ1v) is 13.0. The molecule has 214 valence electrons. The molecule has 0 amide bonds. The minimum Gasteiger partial charge on any atom is -0.463 e. The van der Waals surface area contributed by atoms with Crippen LogP contribution in [0, 0.1) is 0 Å². The van der Waals surface area contributed by atoms with E-state index in [1.807, 2.05) is 24.3 Å². The Bertz CT molecular complexity index is 1400. The number of fused-ring (bicyclic) bond motifs is 1. The number of imidazole rings is 1. The molecule has 3 heterocycles. The summed E-state index contributed by atoms with van der Waals surface area (Å²) in [4.78, 5) is 48.3. The Morgan fingerprint density at radius 1 is 0.975 bits per heavy atom. The van der Waals surface area contributed by atoms with Gasteiger partial charge >= 0.3 is 23.9 Å². The van der Waals surface area contributed by atoms with Gasteiger partial charge in [0.05, 0.1) is 6.33 Å². The number of carbonyl (C=O) groups excluding carboxylic acids is 3. The largest absolute Gasteiger partial charge is 0.463 e. The summed E-state index contributed by atoms with van der Waals surface area (Å²) in [5.74, 6) is -1.83. The molecule has 1 fully saturated rings. The second kappa shape index (κ2) is 11.8. The highest BCUT2D eigenvalue weighted by atomic mass is 35.5. The van der Waals surface area contributed by atoms with Gasteiger partial charge in [0.1, 0.15) is 24.8 Å². The number of aromatic nitrogens is 4. The van der Waals surface area contributed by atoms with E-state index in [1.165, 1.54) is 37.2 Å². The van der Waals surface area contributed by atoms with Gasteiger partial charge < -0.3 is 23.7 Å². The summed E-state index contributed by atoms with van der Waals surface area (Å²) < 4.78 is 29.4. The topological polar surface area (TPSA) is 141 Å². The third kappa shape index (κ3) is 6.68. The first-order chi connectivity index (χ1) is 18.8. The number of carbonyl (C=O) groups is 3. The van der Waals surface area contributed by atoms with Crippen molar-refractivity contribution in [1.82, 2.24) is 19.5 Å². The minimum atomic E-state index is -1.11. The van der Waals surface area contributed by atoms with Gasteiger partial charge in [-0.05, 0) is 16.5 Å². The molecule has 2 aromatic heterocycles. The van der Waals surface area contributed by atoms with Crippen LogP contribution >= 0.6 is 11.6 Å². The van der Waals surface area contributed by atoms with Crippen LogP contribution in [-0.2, 0) is 45.4 Å². The molecule has 1 aliphatic rings. The number of benzene rings is 1. The maximum Gasteiger partial charge on any atom is 0.320 e. The molecule has 0 spiro atoms. The summed E-state index contributed by atoms with van der Waals surface area (Å²) in [6.07, 6.45) is -2.79. The van der Waals surface area contributed by atoms with Gasteiger partial charge in [0.15, 0.2) is 29.2 Å². The highest BCUT2D eigenvalue weighted by molar-refractivity contribution is 6.33. The van der Waals surface area contributed by atoms with Crippen LogP contribution in [0.15, 0.2) is 30.6 Å². The lowest BCUT2D eigenvalue weighted by atomic mass is 9.87. The number of hydrogen-bond acceptors (Lipinski definition) is 11. The SMILES string of the molecule is CC(=O)OCC1OC(n2cnc3c(Cl)nc(OCc4ccc(C(C)(C)C)cc4)nc32)C(OC(C)=O)C1OC(C)=O. The third-order valence-electron chi connectivity index (χ3n) is 6.16. The van der Waals surface area contributed by atoms with Crippen LogP contribution in [0.1, 0.15) is 58.9 Å². The van der Waals surface area contributed by atoms with Gasteiger partial charge in [-0.3, -0.25) is 19.0 Å². The molecule has 0 radical (unpaired) electrons. The Morgan fingerprint density at radius 3 is 2.23 bits per heavy atom. The van der Waals surface area contributed by atoms with E-state index in [0.717, 1.165) is 5.56 Å². The Kier molecular flexibility index (Phi) is 8.59. The van der Waals surface area contributed by atoms with Gasteiger partial charge in [0.2, 0.25) is 0 Å². The third-order valence-corrected chi connectivity index (χ3v) is 6.42. The molecule has 4 unspecified atom stereocenters. The standard InChI is InChI=1S/C27H31ClN4O8/c1-14(33)36-12-19-21(38-15(2)34)22(39-16(3)35)25(40-19)32-13-29-20-23(28)30-26(31-24(20)32)37-11-17-7-9-18(10-8-17)27(4,5)6/h7-10,13,19,21-22,25H,11-12H2,1-6H3. The Labute approximate surface area is 235 Å². The van der Waals surface area contributed by atoms with E-state index in [4.69, 9.17) is 35.3 Å². The zero-order valence-corrected chi connectivity index (χ0v) is 23.8. The maximum absolute atomic E-state index is 12.0. The average molecular weight is 575 g/mol. The fraction of sp³-hybridized carbons (Fsp3) is 0.481. The number of esters is 3. The predicted molar refractivity (Wildman–Crippen MR) is 141 cm³/mol. The number of nitrogens with zero attached hydrogens (tertiary/aromatic N) is 4. The zero-order valence-electron chi connectivity index (χ0n) is 23.0. The van der Waals surface area contributed by atoms with Crippen molar-refractivity contribution in [2.45, 2.75) is 78.1 Å². The zero-order chi connectivity index (χ0) is 29.2. The van der Waals surface area contributed by atoms with E-state index >= 15 is 0 Å². The van der Waals surface area contributed by atoms with Gasteiger partial charge in [-0.2, -0.15) is 9.97 Å². The van der Waals surface area contributed by atoms with Crippen molar-refractivity contribution in [3.05, 3.63) is 46.9 Å². The van der Waals surface area contributed by atoms with E-state index in [0.29, 0.717) is 0 Å². The number of rotatable bonds is 8. The molecule has 0 N–H and O–H groups in total. The summed E-state index contributed by atoms with van der Waals surface area (Å²) in [7, 11) is 0. The second-order valence-electron chi connectivity index (χ2n) is 10.4. The first kappa shape index (κ1) is 29.2. The smallest absolute Gasteiger partial charge is 0.320 e. The molecule has 0 bridgehead atoms. The molecule has 12 nitrogen and oxygen atoms in total. The predicted octanol–water partition coefficient (Wildman–Crippen LogP) is 3.68. The number of hydrogen-bond donors (Lipinski definition) is 0. The lowest BCUT2D eigenvalue weighted by Crippen LogP contribution is -2.40. The van der Waals surface area contributed by atoms with Gasteiger partial charge in [-0.25, -0.2) is 4.98 Å². The molecular formula is C27H31ClN4O8. The minimum absolute atomic E-state index is 0.00539. The fourth-order valence-electron chi connectivity index (χ4n) is 4.28. The van der Waals surface area contributed by atoms with Gasteiger partial charge in [0.25, 0.3) is 0 Å². The second-order valence-corrected chi connectivity index (χ2v) is 10.7. The van der Waals surface area contributed by atoms with E-state index in [2.05, 4.69) is 35.7 Å². The highest BCUT2D eigenvalue weighted by Crippen LogP contribution is 2.37. The Morgan fingerprint density at radius 2 is 1.62 bits per heavy atom. The van der Waals surface area contributed by atoms with Crippen molar-refractivity contribution in [2.75, 3.05) is 6.61 Å². The Hall–Kier alpha value is -3.77. The van der Waals surface area contributed by atoms with Crippen molar-refractivity contribution < 1.29 is 38.1 Å². The van der Waals surface area contributed by atoms with Crippen molar-refractivity contribution in [2.24, 2.45) is 0 Å². The molecule has 1 aromatic carbocycles. The van der Waals surface area contributed by atoms with Crippen molar-refractivity contribution >= 4 is 40.7 Å². The first-order valence-electron chi connectivity index (χ1n) is 12.6. The monoisotopic (exact) mass is 574 g/mol. The summed E-state index contributed by atoms with van der Waals surface area (Å²) in [6, 6.07) is 8.03.